The van der Waals surface area contributed by atoms with Gasteiger partial charge in [-0.15, -0.1) is 0 Å². The van der Waals surface area contributed by atoms with E-state index in [0.29, 0.717) is 19.0 Å². The summed E-state index contributed by atoms with van der Waals surface area (Å²) in [5.41, 5.74) is 7.81. The monoisotopic (exact) mass is 575 g/mol. The maximum atomic E-state index is 11.2. The Bertz CT molecular complexity index is 1640. The number of aryl methyl sites for hydroxylation is 1. The zero-order valence-electron chi connectivity index (χ0n) is 25.1. The van der Waals surface area contributed by atoms with Gasteiger partial charge in [-0.25, -0.2) is 4.58 Å². The van der Waals surface area contributed by atoms with E-state index in [-0.39, 0.29) is 5.75 Å². The molecule has 1 atom stereocenters. The van der Waals surface area contributed by atoms with Crippen LogP contribution >= 0.6 is 0 Å². The van der Waals surface area contributed by atoms with Crippen molar-refractivity contribution in [1.29, 1.82) is 0 Å². The molecule has 4 rings (SSSR count). The lowest BCUT2D eigenvalue weighted by molar-refractivity contribution is -0.558. The normalized spacial score (nSPS) is 17.0. The van der Waals surface area contributed by atoms with Crippen molar-refractivity contribution in [3.8, 4) is 0 Å². The first-order valence-electron chi connectivity index (χ1n) is 14.6. The minimum Gasteiger partial charge on any atom is -0.463 e. The van der Waals surface area contributed by atoms with E-state index in [1.165, 1.54) is 11.3 Å². The third kappa shape index (κ3) is 6.91. The SMILES string of the molecule is CCC(C)[N+](CC)=C1C=CC(=C(c2ccc(N(CC)CCCS(=O)(=O)O)c(C)c2)c2occ3ccccc23)C=C1C. The molecule has 1 aliphatic carbocycles. The third-order valence-corrected chi connectivity index (χ3v) is 8.84. The van der Waals surface area contributed by atoms with E-state index >= 15 is 0 Å². The number of fused-ring (bicyclic) bond motifs is 1. The summed E-state index contributed by atoms with van der Waals surface area (Å²) in [6.07, 6.45) is 9.98. The van der Waals surface area contributed by atoms with Gasteiger partial charge in [-0.1, -0.05) is 37.3 Å². The molecule has 0 amide bonds. The van der Waals surface area contributed by atoms with E-state index in [9.17, 15) is 8.42 Å². The van der Waals surface area contributed by atoms with Crippen molar-refractivity contribution in [2.75, 3.05) is 30.3 Å². The summed E-state index contributed by atoms with van der Waals surface area (Å²) in [7, 11) is -3.98. The molecule has 0 saturated carbocycles. The van der Waals surface area contributed by atoms with Crippen LogP contribution in [0.2, 0.25) is 0 Å². The number of hydrogen-bond donors (Lipinski definition) is 1. The van der Waals surface area contributed by atoms with E-state index in [0.717, 1.165) is 64.0 Å². The van der Waals surface area contributed by atoms with Crippen molar-refractivity contribution in [2.24, 2.45) is 0 Å². The Hall–Kier alpha value is -3.42. The van der Waals surface area contributed by atoms with Gasteiger partial charge in [-0.2, -0.15) is 8.42 Å². The van der Waals surface area contributed by atoms with Crippen LogP contribution in [0.1, 0.15) is 64.3 Å². The molecular weight excluding hydrogens is 532 g/mol. The molecule has 6 nitrogen and oxygen atoms in total. The van der Waals surface area contributed by atoms with Crippen LogP contribution in [0, 0.1) is 6.92 Å². The molecule has 0 aliphatic heterocycles. The van der Waals surface area contributed by atoms with Gasteiger partial charge in [0.05, 0.1) is 12.0 Å². The number of hydrogen-bond acceptors (Lipinski definition) is 4. The predicted octanol–water partition coefficient (Wildman–Crippen LogP) is 7.44. The maximum Gasteiger partial charge on any atom is 0.264 e. The molecule has 0 fully saturated rings. The minimum absolute atomic E-state index is 0.244. The molecule has 7 heteroatoms. The Kier molecular flexibility index (Phi) is 9.72. The number of allylic oxidation sites excluding steroid dienone is 5. The second-order valence-electron chi connectivity index (χ2n) is 10.8. The van der Waals surface area contributed by atoms with Gasteiger partial charge in [0.25, 0.3) is 10.1 Å². The molecule has 1 heterocycles. The smallest absolute Gasteiger partial charge is 0.264 e. The van der Waals surface area contributed by atoms with Crippen LogP contribution in [0.5, 0.6) is 0 Å². The van der Waals surface area contributed by atoms with Crippen LogP contribution in [0.15, 0.2) is 82.5 Å². The Balaban J connectivity index is 1.83. The van der Waals surface area contributed by atoms with Crippen molar-refractivity contribution in [2.45, 2.75) is 60.4 Å². The highest BCUT2D eigenvalue weighted by Gasteiger charge is 2.24. The lowest BCUT2D eigenvalue weighted by Crippen LogP contribution is -2.29. The average molecular weight is 576 g/mol. The van der Waals surface area contributed by atoms with Crippen LogP contribution in [0.25, 0.3) is 16.3 Å². The highest BCUT2D eigenvalue weighted by molar-refractivity contribution is 7.85. The van der Waals surface area contributed by atoms with Gasteiger partial charge in [-0.3, -0.25) is 4.55 Å². The van der Waals surface area contributed by atoms with Gasteiger partial charge in [0.15, 0.2) is 0 Å². The molecule has 41 heavy (non-hydrogen) atoms. The summed E-state index contributed by atoms with van der Waals surface area (Å²) in [5.74, 6) is 0.598. The van der Waals surface area contributed by atoms with Crippen molar-refractivity contribution in [3.05, 3.63) is 95.0 Å². The number of nitrogens with zero attached hydrogens (tertiary/aromatic N) is 2. The highest BCUT2D eigenvalue weighted by Crippen LogP contribution is 2.37. The number of rotatable bonds is 11. The van der Waals surface area contributed by atoms with Gasteiger partial charge in [-0.05, 0) is 82.0 Å². The minimum atomic E-state index is -3.98. The molecular formula is C34H43N2O4S+. The van der Waals surface area contributed by atoms with Gasteiger partial charge < -0.3 is 9.32 Å². The molecule has 1 N–H and O–H groups in total. The zero-order valence-corrected chi connectivity index (χ0v) is 26.0. The highest BCUT2D eigenvalue weighted by atomic mass is 32.2. The van der Waals surface area contributed by atoms with Crippen LogP contribution in [-0.2, 0) is 10.1 Å². The molecule has 1 aliphatic rings. The first kappa shape index (κ1) is 30.5. The largest absolute Gasteiger partial charge is 0.463 e. The lowest BCUT2D eigenvalue weighted by atomic mass is 9.89. The topological polar surface area (TPSA) is 73.8 Å². The summed E-state index contributed by atoms with van der Waals surface area (Å²) in [5, 5.41) is 2.13. The van der Waals surface area contributed by atoms with Gasteiger partial charge >= 0.3 is 0 Å². The van der Waals surface area contributed by atoms with Gasteiger partial charge in [0, 0.05) is 53.2 Å². The average Bonchev–Trinajstić information content (AvgIpc) is 3.36. The van der Waals surface area contributed by atoms with Crippen molar-refractivity contribution >= 4 is 37.9 Å². The van der Waals surface area contributed by atoms with Crippen molar-refractivity contribution in [1.82, 2.24) is 0 Å². The van der Waals surface area contributed by atoms with E-state index in [2.05, 4.69) is 99.6 Å². The second-order valence-corrected chi connectivity index (χ2v) is 12.4. The second kappa shape index (κ2) is 13.0. The molecule has 0 saturated heterocycles. The Morgan fingerprint density at radius 2 is 1.83 bits per heavy atom. The molecule has 0 bridgehead atoms. The Labute approximate surface area is 245 Å². The Morgan fingerprint density at radius 1 is 1.07 bits per heavy atom. The lowest BCUT2D eigenvalue weighted by Gasteiger charge is -2.25. The van der Waals surface area contributed by atoms with Crippen LogP contribution in [-0.4, -0.2) is 54.7 Å². The van der Waals surface area contributed by atoms with Crippen LogP contribution < -0.4 is 4.90 Å². The molecule has 2 aromatic carbocycles. The number of benzene rings is 2. The Morgan fingerprint density at radius 3 is 2.46 bits per heavy atom. The van der Waals surface area contributed by atoms with Crippen LogP contribution in [0.4, 0.5) is 5.69 Å². The number of furan rings is 1. The zero-order chi connectivity index (χ0) is 29.7. The number of anilines is 1. The summed E-state index contributed by atoms with van der Waals surface area (Å²) in [6, 6.07) is 15.1. The first-order valence-corrected chi connectivity index (χ1v) is 16.2. The van der Waals surface area contributed by atoms with Gasteiger partial charge in [0.2, 0.25) is 5.71 Å². The quantitative estimate of drug-likeness (QED) is 0.190. The molecule has 1 unspecified atom stereocenters. The summed E-state index contributed by atoms with van der Waals surface area (Å²) >= 11 is 0. The third-order valence-electron chi connectivity index (χ3n) is 8.03. The van der Waals surface area contributed by atoms with E-state index < -0.39 is 10.1 Å². The van der Waals surface area contributed by atoms with E-state index in [4.69, 9.17) is 8.97 Å². The molecule has 0 radical (unpaired) electrons. The van der Waals surface area contributed by atoms with Crippen molar-refractivity contribution in [3.63, 3.8) is 0 Å². The van der Waals surface area contributed by atoms with E-state index in [1.54, 1.807) is 0 Å². The summed E-state index contributed by atoms with van der Waals surface area (Å²) in [4.78, 5) is 2.15. The van der Waals surface area contributed by atoms with E-state index in [1.807, 2.05) is 18.4 Å². The molecule has 1 aromatic heterocycles. The molecule has 3 aromatic rings. The standard InChI is InChI=1S/C34H42N2O4S/c1-7-26(6)36(9-3)32-18-16-28(22-25(32)5)33(34-30-14-11-10-13-29(30)23-40-34)27-15-17-31(24(4)21-27)35(8-2)19-12-20-41(37,38)39/h10-11,13-18,21-23,26H,7-9,12,19-20H2,1-6H3/p+1. The first-order chi connectivity index (χ1) is 19.6. The van der Waals surface area contributed by atoms with Gasteiger partial charge in [0.1, 0.15) is 18.3 Å². The fraction of sp³-hybridized carbons (Fsp3) is 0.382. The summed E-state index contributed by atoms with van der Waals surface area (Å²) < 4.78 is 40.4. The molecule has 0 spiro atoms. The van der Waals surface area contributed by atoms with Crippen LogP contribution in [0.3, 0.4) is 0 Å². The fourth-order valence-electron chi connectivity index (χ4n) is 5.74. The maximum absolute atomic E-state index is 11.2. The summed E-state index contributed by atoms with van der Waals surface area (Å²) in [6.45, 7) is 15.3. The van der Waals surface area contributed by atoms with Crippen molar-refractivity contribution < 1.29 is 22.0 Å². The molecule has 218 valence electrons. The predicted molar refractivity (Wildman–Crippen MR) is 171 cm³/mol. The fourth-order valence-corrected chi connectivity index (χ4v) is 6.23.